The minimum absolute atomic E-state index is 0.299. The molecule has 0 aliphatic carbocycles. The summed E-state index contributed by atoms with van der Waals surface area (Å²) < 4.78 is 28.9. The summed E-state index contributed by atoms with van der Waals surface area (Å²) in [4.78, 5) is 10.9. The van der Waals surface area contributed by atoms with E-state index in [0.29, 0.717) is 37.6 Å². The van der Waals surface area contributed by atoms with Crippen molar-refractivity contribution in [2.45, 2.75) is 18.9 Å². The molecule has 5 nitrogen and oxygen atoms in total. The Labute approximate surface area is 146 Å². The average Bonchev–Trinajstić information content (AvgIpc) is 2.60. The first-order chi connectivity index (χ1) is 12.1. The van der Waals surface area contributed by atoms with E-state index in [9.17, 15) is 9.18 Å². The van der Waals surface area contributed by atoms with E-state index >= 15 is 0 Å². The molecule has 0 spiro atoms. The Morgan fingerprint density at radius 2 is 1.76 bits per heavy atom. The number of hydrogen-bond acceptors (Lipinski definition) is 4. The van der Waals surface area contributed by atoms with Crippen LogP contribution in [0.25, 0.3) is 0 Å². The van der Waals surface area contributed by atoms with Gasteiger partial charge in [-0.2, -0.15) is 0 Å². The lowest BCUT2D eigenvalue weighted by molar-refractivity contribution is -0.148. The molecule has 0 aliphatic heterocycles. The largest absolute Gasteiger partial charge is 0.493 e. The number of methoxy groups -OCH3 is 1. The van der Waals surface area contributed by atoms with E-state index in [-0.39, 0.29) is 5.82 Å². The fourth-order valence-corrected chi connectivity index (χ4v) is 2.20. The van der Waals surface area contributed by atoms with E-state index < -0.39 is 12.1 Å². The monoisotopic (exact) mass is 348 g/mol. The normalized spacial score (nSPS) is 11.8. The minimum atomic E-state index is -0.985. The molecule has 0 heterocycles. The van der Waals surface area contributed by atoms with Crippen LogP contribution in [0.3, 0.4) is 0 Å². The molecule has 0 unspecified atom stereocenters. The maximum absolute atomic E-state index is 13.0. The van der Waals surface area contributed by atoms with Crippen molar-refractivity contribution in [1.82, 2.24) is 0 Å². The van der Waals surface area contributed by atoms with E-state index in [1.54, 1.807) is 24.3 Å². The highest BCUT2D eigenvalue weighted by atomic mass is 19.1. The zero-order valence-corrected chi connectivity index (χ0v) is 14.0. The Morgan fingerprint density at radius 1 is 1.08 bits per heavy atom. The summed E-state index contributed by atoms with van der Waals surface area (Å²) in [5.41, 5.74) is 0.857. The van der Waals surface area contributed by atoms with Gasteiger partial charge in [-0.3, -0.25) is 0 Å². The third-order valence-corrected chi connectivity index (χ3v) is 3.53. The van der Waals surface area contributed by atoms with Crippen LogP contribution in [0.2, 0.25) is 0 Å². The first-order valence-corrected chi connectivity index (χ1v) is 7.94. The van der Waals surface area contributed by atoms with Crippen LogP contribution in [0.4, 0.5) is 4.39 Å². The van der Waals surface area contributed by atoms with Gasteiger partial charge in [-0.1, -0.05) is 18.2 Å². The van der Waals surface area contributed by atoms with Gasteiger partial charge in [-0.15, -0.1) is 0 Å². The van der Waals surface area contributed by atoms with E-state index in [0.717, 1.165) is 5.56 Å². The highest BCUT2D eigenvalue weighted by Gasteiger charge is 2.16. The van der Waals surface area contributed by atoms with Gasteiger partial charge >= 0.3 is 5.97 Å². The van der Waals surface area contributed by atoms with Crippen molar-refractivity contribution in [1.29, 1.82) is 0 Å². The highest BCUT2D eigenvalue weighted by molar-refractivity contribution is 5.72. The van der Waals surface area contributed by atoms with Crippen molar-refractivity contribution in [3.8, 4) is 11.5 Å². The van der Waals surface area contributed by atoms with Gasteiger partial charge in [-0.05, 0) is 29.8 Å². The smallest absolute Gasteiger partial charge is 0.333 e. The van der Waals surface area contributed by atoms with Gasteiger partial charge in [0.2, 0.25) is 0 Å². The SMILES string of the molecule is CO[C@@H](Cc1ccc(OCCCOc2cccc(F)c2)cc1)C(=O)O. The molecular weight excluding hydrogens is 327 g/mol. The molecule has 1 atom stereocenters. The van der Waals surface area contributed by atoms with Gasteiger partial charge in [0.05, 0.1) is 13.2 Å². The molecule has 134 valence electrons. The number of carboxylic acids is 1. The van der Waals surface area contributed by atoms with Crippen LogP contribution in [-0.4, -0.2) is 37.5 Å². The Kier molecular flexibility index (Phi) is 7.22. The number of benzene rings is 2. The predicted octanol–water partition coefficient (Wildman–Crippen LogP) is 3.32. The number of ether oxygens (including phenoxy) is 3. The van der Waals surface area contributed by atoms with E-state index in [4.69, 9.17) is 19.3 Å². The van der Waals surface area contributed by atoms with Crippen LogP contribution in [0.5, 0.6) is 11.5 Å². The molecule has 0 aliphatic rings. The van der Waals surface area contributed by atoms with E-state index in [1.165, 1.54) is 19.2 Å². The number of hydrogen-bond donors (Lipinski definition) is 1. The summed E-state index contributed by atoms with van der Waals surface area (Å²) in [7, 11) is 1.38. The third kappa shape index (κ3) is 6.43. The van der Waals surface area contributed by atoms with Crippen molar-refractivity contribution >= 4 is 5.97 Å². The molecule has 1 N–H and O–H groups in total. The van der Waals surface area contributed by atoms with Gasteiger partial charge in [0.15, 0.2) is 6.10 Å². The number of carbonyl (C=O) groups is 1. The van der Waals surface area contributed by atoms with Crippen molar-refractivity contribution in [2.75, 3.05) is 20.3 Å². The zero-order valence-electron chi connectivity index (χ0n) is 14.0. The molecule has 2 aromatic rings. The van der Waals surface area contributed by atoms with Gasteiger partial charge in [0.25, 0.3) is 0 Å². The van der Waals surface area contributed by atoms with Crippen LogP contribution >= 0.6 is 0 Å². The molecule has 2 aromatic carbocycles. The molecule has 0 amide bonds. The van der Waals surface area contributed by atoms with Crippen molar-refractivity contribution in [3.63, 3.8) is 0 Å². The first kappa shape index (κ1) is 18.7. The van der Waals surface area contributed by atoms with Crippen LogP contribution in [0.15, 0.2) is 48.5 Å². The molecule has 0 bridgehead atoms. The van der Waals surface area contributed by atoms with Crippen molar-refractivity contribution in [3.05, 3.63) is 59.9 Å². The maximum Gasteiger partial charge on any atom is 0.333 e. The van der Waals surface area contributed by atoms with Gasteiger partial charge in [0.1, 0.15) is 17.3 Å². The summed E-state index contributed by atoms with van der Waals surface area (Å²) in [5, 5.41) is 8.97. The van der Waals surface area contributed by atoms with E-state index in [2.05, 4.69) is 0 Å². The molecule has 2 rings (SSSR count). The lowest BCUT2D eigenvalue weighted by atomic mass is 10.1. The molecule has 0 saturated carbocycles. The van der Waals surface area contributed by atoms with Crippen molar-refractivity contribution in [2.24, 2.45) is 0 Å². The van der Waals surface area contributed by atoms with Gasteiger partial charge in [0, 0.05) is 26.0 Å². The van der Waals surface area contributed by atoms with Crippen LogP contribution in [0, 0.1) is 5.82 Å². The summed E-state index contributed by atoms with van der Waals surface area (Å²) in [6, 6.07) is 13.2. The fourth-order valence-electron chi connectivity index (χ4n) is 2.20. The lowest BCUT2D eigenvalue weighted by Crippen LogP contribution is -2.24. The number of aliphatic carboxylic acids is 1. The van der Waals surface area contributed by atoms with Gasteiger partial charge < -0.3 is 19.3 Å². The topological polar surface area (TPSA) is 65.0 Å². The lowest BCUT2D eigenvalue weighted by Gasteiger charge is -2.11. The molecular formula is C19H21FO5. The molecule has 0 fully saturated rings. The summed E-state index contributed by atoms with van der Waals surface area (Å²) in [5.74, 6) is -0.122. The Bertz CT molecular complexity index is 672. The fraction of sp³-hybridized carbons (Fsp3) is 0.316. The number of carboxylic acid groups (broad SMARTS) is 1. The number of halogens is 1. The van der Waals surface area contributed by atoms with Crippen molar-refractivity contribution < 1.29 is 28.5 Å². The predicted molar refractivity (Wildman–Crippen MR) is 90.6 cm³/mol. The number of rotatable bonds is 10. The second kappa shape index (κ2) is 9.64. The summed E-state index contributed by atoms with van der Waals surface area (Å²) in [6.45, 7) is 0.889. The molecule has 0 radical (unpaired) electrons. The standard InChI is InChI=1S/C19H21FO5/c1-23-18(19(21)22)12-14-6-8-16(9-7-14)24-10-3-11-25-17-5-2-4-15(20)13-17/h2,4-9,13,18H,3,10-12H2,1H3,(H,21,22)/t18-/m0/s1. The second-order valence-corrected chi connectivity index (χ2v) is 5.42. The molecule has 0 saturated heterocycles. The van der Waals surface area contributed by atoms with Crippen LogP contribution in [0.1, 0.15) is 12.0 Å². The quantitative estimate of drug-likeness (QED) is 0.667. The zero-order chi connectivity index (χ0) is 18.1. The molecule has 6 heteroatoms. The summed E-state index contributed by atoms with van der Waals surface area (Å²) >= 11 is 0. The molecule has 0 aromatic heterocycles. The second-order valence-electron chi connectivity index (χ2n) is 5.42. The Hall–Kier alpha value is -2.60. The first-order valence-electron chi connectivity index (χ1n) is 7.94. The van der Waals surface area contributed by atoms with Crippen LogP contribution in [-0.2, 0) is 16.0 Å². The minimum Gasteiger partial charge on any atom is -0.493 e. The maximum atomic E-state index is 13.0. The van der Waals surface area contributed by atoms with Gasteiger partial charge in [-0.25, -0.2) is 9.18 Å². The highest BCUT2D eigenvalue weighted by Crippen LogP contribution is 2.15. The molecule has 25 heavy (non-hydrogen) atoms. The Balaban J connectivity index is 1.70. The van der Waals surface area contributed by atoms with Crippen LogP contribution < -0.4 is 9.47 Å². The summed E-state index contributed by atoms with van der Waals surface area (Å²) in [6.07, 6.45) is 0.100. The Morgan fingerprint density at radius 3 is 2.36 bits per heavy atom. The third-order valence-electron chi connectivity index (χ3n) is 3.53. The average molecular weight is 348 g/mol. The van der Waals surface area contributed by atoms with E-state index in [1.807, 2.05) is 12.1 Å².